The molecule has 0 aromatic heterocycles. The summed E-state index contributed by atoms with van der Waals surface area (Å²) in [5.41, 5.74) is 0. The summed E-state index contributed by atoms with van der Waals surface area (Å²) in [4.78, 5) is 11.0. The van der Waals surface area contributed by atoms with Gasteiger partial charge in [0.25, 0.3) is 0 Å². The van der Waals surface area contributed by atoms with Crippen LogP contribution in [0, 0.1) is 5.92 Å². The zero-order valence-electron chi connectivity index (χ0n) is 9.99. The van der Waals surface area contributed by atoms with Gasteiger partial charge in [-0.25, -0.2) is 0 Å². The van der Waals surface area contributed by atoms with Crippen LogP contribution in [0.5, 0.6) is 0 Å². The van der Waals surface area contributed by atoms with Crippen molar-refractivity contribution in [2.75, 3.05) is 0 Å². The zero-order valence-corrected chi connectivity index (χ0v) is 9.99. The van der Waals surface area contributed by atoms with Gasteiger partial charge in [0.2, 0.25) is 6.29 Å². The topological polar surface area (TPSA) is 35.5 Å². The van der Waals surface area contributed by atoms with E-state index in [0.717, 1.165) is 12.8 Å². The minimum Gasteiger partial charge on any atom is -0.436 e. The lowest BCUT2D eigenvalue weighted by Gasteiger charge is -2.30. The number of ether oxygens (including phenoxy) is 2. The fraction of sp³-hybridized carbons (Fsp3) is 0.917. The Hall–Kier alpha value is -0.570. The summed E-state index contributed by atoms with van der Waals surface area (Å²) >= 11 is 0. The SMILES string of the molecule is CC(=O)OC(OC(C)C)C1CCCCC1. The van der Waals surface area contributed by atoms with Gasteiger partial charge in [0.15, 0.2) is 0 Å². The maximum Gasteiger partial charge on any atom is 0.304 e. The second-order valence-electron chi connectivity index (χ2n) is 4.56. The summed E-state index contributed by atoms with van der Waals surface area (Å²) in [6, 6.07) is 0. The first-order valence-corrected chi connectivity index (χ1v) is 5.92. The van der Waals surface area contributed by atoms with Gasteiger partial charge in [0.05, 0.1) is 6.10 Å². The third-order valence-corrected chi connectivity index (χ3v) is 2.72. The fourth-order valence-corrected chi connectivity index (χ4v) is 2.07. The molecule has 3 heteroatoms. The molecule has 0 aromatic rings. The van der Waals surface area contributed by atoms with Crippen molar-refractivity contribution in [1.29, 1.82) is 0 Å². The standard InChI is InChI=1S/C12H22O3/c1-9(2)14-12(15-10(3)13)11-7-5-4-6-8-11/h9,11-12H,4-8H2,1-3H3. The van der Waals surface area contributed by atoms with Crippen LogP contribution in [0.25, 0.3) is 0 Å². The molecule has 0 saturated heterocycles. The van der Waals surface area contributed by atoms with E-state index in [4.69, 9.17) is 9.47 Å². The van der Waals surface area contributed by atoms with Crippen molar-refractivity contribution in [1.82, 2.24) is 0 Å². The molecule has 0 heterocycles. The monoisotopic (exact) mass is 214 g/mol. The van der Waals surface area contributed by atoms with Crippen molar-refractivity contribution in [3.05, 3.63) is 0 Å². The van der Waals surface area contributed by atoms with Crippen LogP contribution < -0.4 is 0 Å². The average Bonchev–Trinajstić information content (AvgIpc) is 2.17. The van der Waals surface area contributed by atoms with Gasteiger partial charge in [0.1, 0.15) is 0 Å². The predicted molar refractivity (Wildman–Crippen MR) is 58.4 cm³/mol. The molecule has 0 bridgehead atoms. The van der Waals surface area contributed by atoms with Gasteiger partial charge in [0, 0.05) is 12.8 Å². The maximum atomic E-state index is 11.0. The number of rotatable bonds is 4. The molecular weight excluding hydrogens is 192 g/mol. The van der Waals surface area contributed by atoms with Crippen molar-refractivity contribution >= 4 is 5.97 Å². The minimum absolute atomic E-state index is 0.108. The Kier molecular flexibility index (Phi) is 5.09. The fourth-order valence-electron chi connectivity index (χ4n) is 2.07. The van der Waals surface area contributed by atoms with Crippen molar-refractivity contribution in [2.45, 2.75) is 65.3 Å². The Bertz CT molecular complexity index is 195. The first kappa shape index (κ1) is 12.5. The highest BCUT2D eigenvalue weighted by Crippen LogP contribution is 2.29. The van der Waals surface area contributed by atoms with Gasteiger partial charge in [-0.05, 0) is 26.7 Å². The van der Waals surface area contributed by atoms with Crippen molar-refractivity contribution in [2.24, 2.45) is 5.92 Å². The van der Waals surface area contributed by atoms with Gasteiger partial charge in [-0.15, -0.1) is 0 Å². The van der Waals surface area contributed by atoms with Crippen molar-refractivity contribution in [3.8, 4) is 0 Å². The molecule has 0 N–H and O–H groups in total. The van der Waals surface area contributed by atoms with Crippen LogP contribution in [0.1, 0.15) is 52.9 Å². The molecule has 15 heavy (non-hydrogen) atoms. The molecule has 1 unspecified atom stereocenters. The molecule has 0 spiro atoms. The molecule has 3 nitrogen and oxygen atoms in total. The van der Waals surface area contributed by atoms with E-state index in [1.165, 1.54) is 26.2 Å². The van der Waals surface area contributed by atoms with Crippen molar-refractivity contribution < 1.29 is 14.3 Å². The van der Waals surface area contributed by atoms with Gasteiger partial charge in [-0.3, -0.25) is 4.79 Å². The Morgan fingerprint density at radius 2 is 1.80 bits per heavy atom. The number of esters is 1. The van der Waals surface area contributed by atoms with E-state index in [1.54, 1.807) is 0 Å². The van der Waals surface area contributed by atoms with Gasteiger partial charge in [-0.2, -0.15) is 0 Å². The molecule has 1 rings (SSSR count). The summed E-state index contributed by atoms with van der Waals surface area (Å²) in [6.45, 7) is 5.39. The lowest BCUT2D eigenvalue weighted by molar-refractivity contribution is -0.201. The number of carbonyl (C=O) groups is 1. The molecule has 1 aliphatic rings. The molecule has 0 aliphatic heterocycles. The van der Waals surface area contributed by atoms with E-state index in [2.05, 4.69) is 0 Å². The second-order valence-corrected chi connectivity index (χ2v) is 4.56. The summed E-state index contributed by atoms with van der Waals surface area (Å²) in [6.07, 6.45) is 5.76. The second kappa shape index (κ2) is 6.11. The zero-order chi connectivity index (χ0) is 11.3. The summed E-state index contributed by atoms with van der Waals surface area (Å²) < 4.78 is 10.9. The smallest absolute Gasteiger partial charge is 0.304 e. The lowest BCUT2D eigenvalue weighted by atomic mass is 9.89. The first-order chi connectivity index (χ1) is 7.09. The average molecular weight is 214 g/mol. The summed E-state index contributed by atoms with van der Waals surface area (Å²) in [5, 5.41) is 0. The Balaban J connectivity index is 2.48. The Labute approximate surface area is 92.1 Å². The number of hydrogen-bond donors (Lipinski definition) is 0. The van der Waals surface area contributed by atoms with Crippen LogP contribution in [0.3, 0.4) is 0 Å². The summed E-state index contributed by atoms with van der Waals surface area (Å²) in [5.74, 6) is 0.149. The van der Waals surface area contributed by atoms with Crippen molar-refractivity contribution in [3.63, 3.8) is 0 Å². The van der Waals surface area contributed by atoms with Crippen LogP contribution in [-0.4, -0.2) is 18.4 Å². The third kappa shape index (κ3) is 4.65. The molecule has 1 aliphatic carbocycles. The summed E-state index contributed by atoms with van der Waals surface area (Å²) in [7, 11) is 0. The van der Waals surface area contributed by atoms with E-state index in [-0.39, 0.29) is 18.4 Å². The van der Waals surface area contributed by atoms with Crippen LogP contribution in [0.2, 0.25) is 0 Å². The van der Waals surface area contributed by atoms with Crippen LogP contribution in [0.4, 0.5) is 0 Å². The van der Waals surface area contributed by atoms with E-state index in [0.29, 0.717) is 5.92 Å². The van der Waals surface area contributed by atoms with E-state index >= 15 is 0 Å². The molecule has 88 valence electrons. The highest BCUT2D eigenvalue weighted by molar-refractivity contribution is 5.66. The van der Waals surface area contributed by atoms with E-state index < -0.39 is 0 Å². The van der Waals surface area contributed by atoms with Crippen LogP contribution >= 0.6 is 0 Å². The molecule has 1 saturated carbocycles. The number of carbonyl (C=O) groups excluding carboxylic acids is 1. The Morgan fingerprint density at radius 1 is 1.20 bits per heavy atom. The normalized spacial score (nSPS) is 20.3. The molecule has 1 atom stereocenters. The predicted octanol–water partition coefficient (Wildman–Crippen LogP) is 2.88. The lowest BCUT2D eigenvalue weighted by Crippen LogP contribution is -2.32. The van der Waals surface area contributed by atoms with E-state index in [9.17, 15) is 4.79 Å². The minimum atomic E-state index is -0.331. The van der Waals surface area contributed by atoms with E-state index in [1.807, 2.05) is 13.8 Å². The maximum absolute atomic E-state index is 11.0. The largest absolute Gasteiger partial charge is 0.436 e. The highest BCUT2D eigenvalue weighted by Gasteiger charge is 2.27. The van der Waals surface area contributed by atoms with Gasteiger partial charge >= 0.3 is 5.97 Å². The molecule has 1 fully saturated rings. The quantitative estimate of drug-likeness (QED) is 0.533. The Morgan fingerprint density at radius 3 is 2.27 bits per heavy atom. The molecule has 0 aromatic carbocycles. The molecule has 0 amide bonds. The number of hydrogen-bond acceptors (Lipinski definition) is 3. The van der Waals surface area contributed by atoms with Crippen LogP contribution in [-0.2, 0) is 14.3 Å². The highest BCUT2D eigenvalue weighted by atomic mass is 16.7. The molecule has 0 radical (unpaired) electrons. The third-order valence-electron chi connectivity index (χ3n) is 2.72. The molecular formula is C12H22O3. The van der Waals surface area contributed by atoms with Gasteiger partial charge in [-0.1, -0.05) is 19.3 Å². The van der Waals surface area contributed by atoms with Gasteiger partial charge < -0.3 is 9.47 Å². The van der Waals surface area contributed by atoms with Crippen LogP contribution in [0.15, 0.2) is 0 Å². The first-order valence-electron chi connectivity index (χ1n) is 5.92.